The van der Waals surface area contributed by atoms with E-state index in [1.807, 2.05) is 0 Å². The van der Waals surface area contributed by atoms with E-state index < -0.39 is 5.97 Å². The highest BCUT2D eigenvalue weighted by molar-refractivity contribution is 5.93. The van der Waals surface area contributed by atoms with E-state index in [4.69, 9.17) is 5.11 Å². The van der Waals surface area contributed by atoms with Crippen LogP contribution in [0.5, 0.6) is 5.75 Å². The molecule has 86 valence electrons. The van der Waals surface area contributed by atoms with Crippen LogP contribution in [0.4, 0.5) is 0 Å². The molecule has 2 rings (SSSR count). The molecular weight excluding hydrogens is 220 g/mol. The van der Waals surface area contributed by atoms with E-state index in [1.54, 1.807) is 25.3 Å². The minimum absolute atomic E-state index is 0.156. The van der Waals surface area contributed by atoms with Gasteiger partial charge in [-0.3, -0.25) is 4.98 Å². The highest BCUT2D eigenvalue weighted by Crippen LogP contribution is 2.30. The Kier molecular flexibility index (Phi) is 2.74. The summed E-state index contributed by atoms with van der Waals surface area (Å²) in [4.78, 5) is 19.0. The number of rotatable bonds is 2. The van der Waals surface area contributed by atoms with Crippen LogP contribution in [0.2, 0.25) is 0 Å². The SMILES string of the molecule is Cc1cc(C(=O)O)c(O)c(-c2cccnc2)n1. The Hall–Kier alpha value is -2.43. The van der Waals surface area contributed by atoms with Gasteiger partial charge in [-0.1, -0.05) is 0 Å². The van der Waals surface area contributed by atoms with Crippen LogP contribution in [-0.2, 0) is 0 Å². The number of carboxylic acids is 1. The van der Waals surface area contributed by atoms with Crippen LogP contribution >= 0.6 is 0 Å². The Labute approximate surface area is 97.4 Å². The monoisotopic (exact) mass is 230 g/mol. The van der Waals surface area contributed by atoms with Crippen molar-refractivity contribution >= 4 is 5.97 Å². The molecule has 5 nitrogen and oxygen atoms in total. The van der Waals surface area contributed by atoms with Crippen LogP contribution in [-0.4, -0.2) is 26.2 Å². The Morgan fingerprint density at radius 3 is 2.76 bits per heavy atom. The second-order valence-corrected chi connectivity index (χ2v) is 3.56. The zero-order chi connectivity index (χ0) is 12.4. The van der Waals surface area contributed by atoms with E-state index in [1.165, 1.54) is 12.3 Å². The van der Waals surface area contributed by atoms with Gasteiger partial charge in [-0.05, 0) is 25.1 Å². The lowest BCUT2D eigenvalue weighted by Crippen LogP contribution is -2.01. The van der Waals surface area contributed by atoms with Crippen molar-refractivity contribution in [2.75, 3.05) is 0 Å². The molecule has 0 fully saturated rings. The predicted molar refractivity (Wildman–Crippen MR) is 60.8 cm³/mol. The quantitative estimate of drug-likeness (QED) is 0.822. The van der Waals surface area contributed by atoms with Crippen molar-refractivity contribution in [1.29, 1.82) is 0 Å². The van der Waals surface area contributed by atoms with Crippen molar-refractivity contribution in [2.24, 2.45) is 0 Å². The van der Waals surface area contributed by atoms with Gasteiger partial charge in [0.05, 0.1) is 0 Å². The van der Waals surface area contributed by atoms with Gasteiger partial charge in [0.15, 0.2) is 5.75 Å². The summed E-state index contributed by atoms with van der Waals surface area (Å²) in [5, 5.41) is 18.8. The second-order valence-electron chi connectivity index (χ2n) is 3.56. The van der Waals surface area contributed by atoms with Crippen molar-refractivity contribution in [3.8, 4) is 17.0 Å². The summed E-state index contributed by atoms with van der Waals surface area (Å²) in [5.41, 5.74) is 1.18. The largest absolute Gasteiger partial charge is 0.505 e. The molecule has 0 aliphatic heterocycles. The average Bonchev–Trinajstić information content (AvgIpc) is 2.32. The third-order valence-electron chi connectivity index (χ3n) is 2.29. The molecule has 2 N–H and O–H groups in total. The number of aromatic nitrogens is 2. The number of aryl methyl sites for hydroxylation is 1. The molecule has 0 bridgehead atoms. The molecule has 0 spiro atoms. The molecule has 17 heavy (non-hydrogen) atoms. The summed E-state index contributed by atoms with van der Waals surface area (Å²) in [6.45, 7) is 1.67. The summed E-state index contributed by atoms with van der Waals surface area (Å²) >= 11 is 0. The predicted octanol–water partition coefficient (Wildman–Crippen LogP) is 1.86. The van der Waals surface area contributed by atoms with Crippen LogP contribution in [0.15, 0.2) is 30.6 Å². The van der Waals surface area contributed by atoms with Gasteiger partial charge in [0.2, 0.25) is 0 Å². The van der Waals surface area contributed by atoms with E-state index in [0.717, 1.165) is 0 Å². The first-order chi connectivity index (χ1) is 8.09. The average molecular weight is 230 g/mol. The highest BCUT2D eigenvalue weighted by Gasteiger charge is 2.16. The van der Waals surface area contributed by atoms with Crippen LogP contribution in [0, 0.1) is 6.92 Å². The smallest absolute Gasteiger partial charge is 0.339 e. The number of carbonyl (C=O) groups is 1. The molecule has 0 aliphatic rings. The van der Waals surface area contributed by atoms with Gasteiger partial charge < -0.3 is 10.2 Å². The van der Waals surface area contributed by atoms with E-state index in [0.29, 0.717) is 11.3 Å². The topological polar surface area (TPSA) is 83.3 Å². The lowest BCUT2D eigenvalue weighted by Gasteiger charge is -2.07. The standard InChI is InChI=1S/C12H10N2O3/c1-7-5-9(12(16)17)11(15)10(14-7)8-3-2-4-13-6-8/h2-6,15H,1H3,(H,16,17). The maximum absolute atomic E-state index is 11.0. The van der Waals surface area contributed by atoms with Crippen molar-refractivity contribution in [1.82, 2.24) is 9.97 Å². The van der Waals surface area contributed by atoms with E-state index >= 15 is 0 Å². The molecule has 0 aliphatic carbocycles. The number of aromatic hydroxyl groups is 1. The molecule has 2 aromatic heterocycles. The van der Waals surface area contributed by atoms with Crippen LogP contribution in [0.3, 0.4) is 0 Å². The Balaban J connectivity index is 2.67. The molecule has 0 saturated carbocycles. The number of hydrogen-bond donors (Lipinski definition) is 2. The molecule has 0 atom stereocenters. The van der Waals surface area contributed by atoms with Crippen molar-refractivity contribution in [3.05, 3.63) is 41.9 Å². The fraction of sp³-hybridized carbons (Fsp3) is 0.0833. The van der Waals surface area contributed by atoms with Gasteiger partial charge in [-0.25, -0.2) is 9.78 Å². The van der Waals surface area contributed by atoms with Gasteiger partial charge in [0.1, 0.15) is 11.3 Å². The number of aromatic carboxylic acids is 1. The number of hydrogen-bond acceptors (Lipinski definition) is 4. The van der Waals surface area contributed by atoms with Crippen LogP contribution in [0.25, 0.3) is 11.3 Å². The first-order valence-corrected chi connectivity index (χ1v) is 4.94. The second kappa shape index (κ2) is 4.21. The third kappa shape index (κ3) is 2.08. The van der Waals surface area contributed by atoms with Gasteiger partial charge in [0, 0.05) is 23.7 Å². The zero-order valence-electron chi connectivity index (χ0n) is 9.08. The van der Waals surface area contributed by atoms with Gasteiger partial charge in [-0.15, -0.1) is 0 Å². The van der Waals surface area contributed by atoms with Gasteiger partial charge in [-0.2, -0.15) is 0 Å². The molecule has 2 heterocycles. The maximum atomic E-state index is 11.0. The summed E-state index contributed by atoms with van der Waals surface area (Å²) in [5.74, 6) is -1.52. The molecule has 5 heteroatoms. The summed E-state index contributed by atoms with van der Waals surface area (Å²) in [6, 6.07) is 4.73. The van der Waals surface area contributed by atoms with Gasteiger partial charge >= 0.3 is 5.97 Å². The lowest BCUT2D eigenvalue weighted by molar-refractivity contribution is 0.0693. The third-order valence-corrected chi connectivity index (χ3v) is 2.29. The van der Waals surface area contributed by atoms with E-state index in [2.05, 4.69) is 9.97 Å². The van der Waals surface area contributed by atoms with Crippen LogP contribution < -0.4 is 0 Å². The van der Waals surface area contributed by atoms with Crippen molar-refractivity contribution in [2.45, 2.75) is 6.92 Å². The van der Waals surface area contributed by atoms with Gasteiger partial charge in [0.25, 0.3) is 0 Å². The highest BCUT2D eigenvalue weighted by atomic mass is 16.4. The first-order valence-electron chi connectivity index (χ1n) is 4.94. The normalized spacial score (nSPS) is 10.2. The Morgan fingerprint density at radius 1 is 1.41 bits per heavy atom. The fourth-order valence-electron chi connectivity index (χ4n) is 1.53. The summed E-state index contributed by atoms with van der Waals surface area (Å²) < 4.78 is 0. The summed E-state index contributed by atoms with van der Waals surface area (Å²) in [7, 11) is 0. The molecule has 0 unspecified atom stereocenters. The lowest BCUT2D eigenvalue weighted by atomic mass is 10.1. The first kappa shape index (κ1) is 11.1. The fourth-order valence-corrected chi connectivity index (χ4v) is 1.53. The molecule has 0 radical (unpaired) electrons. The Bertz CT molecular complexity index is 567. The van der Waals surface area contributed by atoms with E-state index in [-0.39, 0.29) is 17.0 Å². The molecule has 0 amide bonds. The molecule has 0 aromatic carbocycles. The Morgan fingerprint density at radius 2 is 2.18 bits per heavy atom. The van der Waals surface area contributed by atoms with Crippen LogP contribution in [0.1, 0.15) is 16.1 Å². The zero-order valence-corrected chi connectivity index (χ0v) is 9.08. The summed E-state index contributed by atoms with van der Waals surface area (Å²) in [6.07, 6.45) is 3.11. The van der Waals surface area contributed by atoms with Crippen molar-refractivity contribution in [3.63, 3.8) is 0 Å². The minimum Gasteiger partial charge on any atom is -0.505 e. The van der Waals surface area contributed by atoms with Crippen molar-refractivity contribution < 1.29 is 15.0 Å². The number of carboxylic acid groups (broad SMARTS) is 1. The minimum atomic E-state index is -1.18. The molecule has 2 aromatic rings. The maximum Gasteiger partial charge on any atom is 0.339 e. The number of nitrogens with zero attached hydrogens (tertiary/aromatic N) is 2. The molecular formula is C12H10N2O3. The van der Waals surface area contributed by atoms with E-state index in [9.17, 15) is 9.90 Å². The molecule has 0 saturated heterocycles. The number of pyridine rings is 2.